The van der Waals surface area contributed by atoms with Crippen molar-refractivity contribution in [2.75, 3.05) is 6.54 Å². The summed E-state index contributed by atoms with van der Waals surface area (Å²) in [7, 11) is 0. The molecule has 17 heavy (non-hydrogen) atoms. The van der Waals surface area contributed by atoms with Gasteiger partial charge in [0.2, 0.25) is 0 Å². The van der Waals surface area contributed by atoms with Gasteiger partial charge in [0.1, 0.15) is 11.7 Å². The van der Waals surface area contributed by atoms with E-state index in [0.717, 1.165) is 18.5 Å². The maximum absolute atomic E-state index is 13.0. The molecule has 0 aliphatic carbocycles. The lowest BCUT2D eigenvalue weighted by Gasteiger charge is -2.14. The highest BCUT2D eigenvalue weighted by Crippen LogP contribution is 2.13. The van der Waals surface area contributed by atoms with E-state index in [1.807, 2.05) is 13.0 Å². The van der Waals surface area contributed by atoms with E-state index in [1.165, 1.54) is 12.1 Å². The van der Waals surface area contributed by atoms with E-state index < -0.39 is 0 Å². The van der Waals surface area contributed by atoms with Gasteiger partial charge in [0.15, 0.2) is 0 Å². The standard InChI is InChI=1S/C12H18FN3O/c1-9(10-4-2-5-11(13)8-10)15-7-3-6-12(14)16-17/h2,4-5,8-9,15,17H,3,6-7H2,1H3,(H2,14,16)/t9-/m1/s1. The number of hydrogen-bond donors (Lipinski definition) is 3. The van der Waals surface area contributed by atoms with Gasteiger partial charge in [-0.25, -0.2) is 4.39 Å². The van der Waals surface area contributed by atoms with Gasteiger partial charge in [-0.15, -0.1) is 0 Å². The van der Waals surface area contributed by atoms with Crippen LogP contribution in [0.2, 0.25) is 0 Å². The predicted octanol–water partition coefficient (Wildman–Crippen LogP) is 2.00. The maximum atomic E-state index is 13.0. The van der Waals surface area contributed by atoms with Crippen molar-refractivity contribution in [3.8, 4) is 0 Å². The predicted molar refractivity (Wildman–Crippen MR) is 65.5 cm³/mol. The first-order valence-electron chi connectivity index (χ1n) is 5.58. The number of nitrogens with two attached hydrogens (primary N) is 1. The van der Waals surface area contributed by atoms with Crippen LogP contribution in [0.3, 0.4) is 0 Å². The molecule has 0 amide bonds. The number of nitrogens with zero attached hydrogens (tertiary/aromatic N) is 1. The molecule has 94 valence electrons. The lowest BCUT2D eigenvalue weighted by Crippen LogP contribution is -2.21. The summed E-state index contributed by atoms with van der Waals surface area (Å²) >= 11 is 0. The van der Waals surface area contributed by atoms with Gasteiger partial charge >= 0.3 is 0 Å². The average Bonchev–Trinajstić information content (AvgIpc) is 2.34. The van der Waals surface area contributed by atoms with Gasteiger partial charge in [0.25, 0.3) is 0 Å². The SMILES string of the molecule is C[C@@H](NCCC/C(N)=N/O)c1cccc(F)c1. The minimum atomic E-state index is -0.229. The Balaban J connectivity index is 2.32. The summed E-state index contributed by atoms with van der Waals surface area (Å²) in [5, 5.41) is 14.5. The summed E-state index contributed by atoms with van der Waals surface area (Å²) in [6.45, 7) is 2.70. The Morgan fingerprint density at radius 3 is 3.00 bits per heavy atom. The fourth-order valence-corrected chi connectivity index (χ4v) is 1.53. The van der Waals surface area contributed by atoms with Crippen molar-refractivity contribution in [2.45, 2.75) is 25.8 Å². The van der Waals surface area contributed by atoms with E-state index >= 15 is 0 Å². The molecule has 1 rings (SSSR count). The number of oxime groups is 1. The molecule has 0 aliphatic heterocycles. The lowest BCUT2D eigenvalue weighted by atomic mass is 10.1. The molecule has 0 radical (unpaired) electrons. The Morgan fingerprint density at radius 1 is 1.59 bits per heavy atom. The maximum Gasteiger partial charge on any atom is 0.139 e. The number of nitrogens with one attached hydrogen (secondary N) is 1. The zero-order chi connectivity index (χ0) is 12.7. The quantitative estimate of drug-likeness (QED) is 0.234. The van der Waals surface area contributed by atoms with Gasteiger partial charge in [0, 0.05) is 12.5 Å². The number of halogens is 1. The Kier molecular flexibility index (Phi) is 5.42. The number of benzene rings is 1. The molecule has 0 aromatic heterocycles. The molecule has 1 aromatic rings. The Morgan fingerprint density at radius 2 is 2.35 bits per heavy atom. The summed E-state index contributed by atoms with van der Waals surface area (Å²) < 4.78 is 13.0. The second-order valence-electron chi connectivity index (χ2n) is 3.93. The van der Waals surface area contributed by atoms with Crippen molar-refractivity contribution in [3.63, 3.8) is 0 Å². The topological polar surface area (TPSA) is 70.6 Å². The normalized spacial score (nSPS) is 13.6. The molecule has 1 aromatic carbocycles. The van der Waals surface area contributed by atoms with Crippen LogP contribution in [-0.2, 0) is 0 Å². The Hall–Kier alpha value is -1.62. The van der Waals surface area contributed by atoms with Crippen molar-refractivity contribution < 1.29 is 9.60 Å². The molecule has 4 N–H and O–H groups in total. The zero-order valence-corrected chi connectivity index (χ0v) is 9.86. The third-order valence-corrected chi connectivity index (χ3v) is 2.54. The average molecular weight is 239 g/mol. The van der Waals surface area contributed by atoms with Crippen molar-refractivity contribution in [1.29, 1.82) is 0 Å². The first kappa shape index (κ1) is 13.4. The van der Waals surface area contributed by atoms with E-state index in [4.69, 9.17) is 10.9 Å². The van der Waals surface area contributed by atoms with Crippen LogP contribution in [-0.4, -0.2) is 17.6 Å². The van der Waals surface area contributed by atoms with Crippen LogP contribution < -0.4 is 11.1 Å². The molecule has 0 spiro atoms. The molecule has 0 bridgehead atoms. The Labute approximate surface area is 100 Å². The summed E-state index contributed by atoms with van der Waals surface area (Å²) in [5.74, 6) is -0.00184. The summed E-state index contributed by atoms with van der Waals surface area (Å²) in [5.41, 5.74) is 6.25. The van der Waals surface area contributed by atoms with E-state index in [9.17, 15) is 4.39 Å². The monoisotopic (exact) mass is 239 g/mol. The molecule has 0 aliphatic rings. The van der Waals surface area contributed by atoms with Gasteiger partial charge < -0.3 is 16.3 Å². The lowest BCUT2D eigenvalue weighted by molar-refractivity contribution is 0.316. The summed E-state index contributed by atoms with van der Waals surface area (Å²) in [6, 6.07) is 6.59. The molecule has 0 heterocycles. The second-order valence-corrected chi connectivity index (χ2v) is 3.93. The molecule has 0 fully saturated rings. The molecule has 0 unspecified atom stereocenters. The van der Waals surface area contributed by atoms with Crippen LogP contribution >= 0.6 is 0 Å². The molecule has 1 atom stereocenters. The van der Waals surface area contributed by atoms with Crippen molar-refractivity contribution in [1.82, 2.24) is 5.32 Å². The van der Waals surface area contributed by atoms with Crippen molar-refractivity contribution in [2.24, 2.45) is 10.9 Å². The number of hydrogen-bond acceptors (Lipinski definition) is 3. The van der Waals surface area contributed by atoms with Crippen LogP contribution in [0.5, 0.6) is 0 Å². The number of amidine groups is 1. The first-order valence-corrected chi connectivity index (χ1v) is 5.58. The first-order chi connectivity index (χ1) is 8.13. The van der Waals surface area contributed by atoms with Gasteiger partial charge in [-0.3, -0.25) is 0 Å². The highest BCUT2D eigenvalue weighted by atomic mass is 19.1. The molecular formula is C12H18FN3O. The smallest absolute Gasteiger partial charge is 0.139 e. The van der Waals surface area contributed by atoms with Crippen LogP contribution in [0, 0.1) is 5.82 Å². The third kappa shape index (κ3) is 4.82. The molecule has 0 saturated heterocycles. The van der Waals surface area contributed by atoms with Crippen LogP contribution in [0.4, 0.5) is 4.39 Å². The largest absolute Gasteiger partial charge is 0.409 e. The highest BCUT2D eigenvalue weighted by molar-refractivity contribution is 5.79. The van der Waals surface area contributed by atoms with Crippen LogP contribution in [0.25, 0.3) is 0 Å². The minimum absolute atomic E-state index is 0.0815. The van der Waals surface area contributed by atoms with E-state index in [2.05, 4.69) is 10.5 Å². The van der Waals surface area contributed by atoms with Crippen molar-refractivity contribution >= 4 is 5.84 Å². The van der Waals surface area contributed by atoms with Gasteiger partial charge in [-0.05, 0) is 37.6 Å². The van der Waals surface area contributed by atoms with Crippen molar-refractivity contribution in [3.05, 3.63) is 35.6 Å². The van der Waals surface area contributed by atoms with E-state index in [1.54, 1.807) is 6.07 Å². The summed E-state index contributed by atoms with van der Waals surface area (Å²) in [4.78, 5) is 0. The Bertz CT molecular complexity index is 382. The van der Waals surface area contributed by atoms with Gasteiger partial charge in [-0.1, -0.05) is 17.3 Å². The van der Waals surface area contributed by atoms with E-state index in [0.29, 0.717) is 6.42 Å². The van der Waals surface area contributed by atoms with Gasteiger partial charge in [0.05, 0.1) is 0 Å². The molecule has 4 nitrogen and oxygen atoms in total. The van der Waals surface area contributed by atoms with E-state index in [-0.39, 0.29) is 17.7 Å². The third-order valence-electron chi connectivity index (χ3n) is 2.54. The molecular weight excluding hydrogens is 221 g/mol. The molecule has 5 heteroatoms. The fraction of sp³-hybridized carbons (Fsp3) is 0.417. The van der Waals surface area contributed by atoms with Crippen LogP contribution in [0.15, 0.2) is 29.4 Å². The summed E-state index contributed by atoms with van der Waals surface area (Å²) in [6.07, 6.45) is 1.31. The zero-order valence-electron chi connectivity index (χ0n) is 9.86. The number of rotatable bonds is 6. The fourth-order valence-electron chi connectivity index (χ4n) is 1.53. The second kappa shape index (κ2) is 6.85. The van der Waals surface area contributed by atoms with Gasteiger partial charge in [-0.2, -0.15) is 0 Å². The molecule has 0 saturated carbocycles. The minimum Gasteiger partial charge on any atom is -0.409 e. The van der Waals surface area contributed by atoms with Crippen LogP contribution in [0.1, 0.15) is 31.4 Å². The highest BCUT2D eigenvalue weighted by Gasteiger charge is 2.05.